The lowest BCUT2D eigenvalue weighted by atomic mass is 10.2. The molecule has 1 heterocycles. The van der Waals surface area contributed by atoms with E-state index in [1.165, 1.54) is 4.90 Å². The topological polar surface area (TPSA) is 40.6 Å². The van der Waals surface area contributed by atoms with Crippen molar-refractivity contribution in [2.75, 3.05) is 18.0 Å². The van der Waals surface area contributed by atoms with Crippen LogP contribution in [0.5, 0.6) is 0 Å². The van der Waals surface area contributed by atoms with Crippen molar-refractivity contribution >= 4 is 17.6 Å². The Morgan fingerprint density at radius 1 is 1.29 bits per heavy atom. The highest BCUT2D eigenvalue weighted by Crippen LogP contribution is 2.21. The van der Waals surface area contributed by atoms with E-state index in [0.717, 1.165) is 5.56 Å². The minimum Gasteiger partial charge on any atom is -0.324 e. The number of rotatable bonds is 2. The van der Waals surface area contributed by atoms with Crippen LogP contribution in [0.2, 0.25) is 0 Å². The van der Waals surface area contributed by atoms with Crippen molar-refractivity contribution in [3.8, 4) is 0 Å². The molecule has 1 aliphatic rings. The predicted molar refractivity (Wildman–Crippen MR) is 65.9 cm³/mol. The van der Waals surface area contributed by atoms with Gasteiger partial charge in [0.1, 0.15) is 0 Å². The summed E-state index contributed by atoms with van der Waals surface area (Å²) in [7, 11) is 0. The summed E-state index contributed by atoms with van der Waals surface area (Å²) in [5.41, 5.74) is 1.70. The van der Waals surface area contributed by atoms with Gasteiger partial charge in [-0.15, -0.1) is 0 Å². The highest BCUT2D eigenvalue weighted by Gasteiger charge is 2.32. The van der Waals surface area contributed by atoms with Crippen molar-refractivity contribution in [1.82, 2.24) is 4.90 Å². The molecule has 2 rings (SSSR count). The fraction of sp³-hybridized carbons (Fsp3) is 0.385. The van der Waals surface area contributed by atoms with E-state index in [0.29, 0.717) is 25.2 Å². The van der Waals surface area contributed by atoms with E-state index in [2.05, 4.69) is 0 Å². The fourth-order valence-electron chi connectivity index (χ4n) is 2.00. The first-order valence-electron chi connectivity index (χ1n) is 5.82. The second kappa shape index (κ2) is 4.57. The SMILES string of the molecule is CCN1CCC(=O)N(c2cccc(C)c2)C1=O. The highest BCUT2D eigenvalue weighted by molar-refractivity contribution is 6.15. The summed E-state index contributed by atoms with van der Waals surface area (Å²) in [5, 5.41) is 0. The van der Waals surface area contributed by atoms with Gasteiger partial charge in [0.2, 0.25) is 5.91 Å². The molecule has 0 unspecified atom stereocenters. The normalized spacial score (nSPS) is 16.6. The van der Waals surface area contributed by atoms with Crippen LogP contribution < -0.4 is 4.90 Å². The molecule has 0 atom stereocenters. The Bertz CT molecular complexity index is 456. The van der Waals surface area contributed by atoms with Gasteiger partial charge in [-0.2, -0.15) is 0 Å². The monoisotopic (exact) mass is 232 g/mol. The number of anilines is 1. The minimum atomic E-state index is -0.214. The number of hydrogen-bond donors (Lipinski definition) is 0. The molecule has 3 amide bonds. The fourth-order valence-corrected chi connectivity index (χ4v) is 2.00. The third-order valence-electron chi connectivity index (χ3n) is 2.95. The number of hydrogen-bond acceptors (Lipinski definition) is 2. The van der Waals surface area contributed by atoms with Gasteiger partial charge in [-0.05, 0) is 31.5 Å². The van der Waals surface area contributed by atoms with E-state index in [9.17, 15) is 9.59 Å². The van der Waals surface area contributed by atoms with Crippen LogP contribution in [-0.2, 0) is 4.79 Å². The van der Waals surface area contributed by atoms with Gasteiger partial charge >= 0.3 is 6.03 Å². The first-order valence-corrected chi connectivity index (χ1v) is 5.82. The largest absolute Gasteiger partial charge is 0.331 e. The number of benzene rings is 1. The maximum Gasteiger partial charge on any atom is 0.331 e. The summed E-state index contributed by atoms with van der Waals surface area (Å²) in [6, 6.07) is 7.24. The van der Waals surface area contributed by atoms with Crippen molar-refractivity contribution in [2.24, 2.45) is 0 Å². The molecule has 0 bridgehead atoms. The first kappa shape index (κ1) is 11.6. The Kier molecular flexibility index (Phi) is 3.13. The van der Waals surface area contributed by atoms with Crippen LogP contribution in [0.1, 0.15) is 18.9 Å². The number of aryl methyl sites for hydroxylation is 1. The Morgan fingerprint density at radius 3 is 2.71 bits per heavy atom. The number of nitrogens with zero attached hydrogens (tertiary/aromatic N) is 2. The molecule has 1 aromatic carbocycles. The maximum absolute atomic E-state index is 12.1. The molecular formula is C13H16N2O2. The average Bonchev–Trinajstić information content (AvgIpc) is 2.29. The van der Waals surface area contributed by atoms with E-state index >= 15 is 0 Å². The quantitative estimate of drug-likeness (QED) is 0.784. The van der Waals surface area contributed by atoms with Crippen LogP contribution in [0.25, 0.3) is 0 Å². The lowest BCUT2D eigenvalue weighted by Crippen LogP contribution is -2.52. The van der Waals surface area contributed by atoms with Crippen LogP contribution >= 0.6 is 0 Å². The number of carbonyl (C=O) groups excluding carboxylic acids is 2. The molecule has 0 radical (unpaired) electrons. The van der Waals surface area contributed by atoms with Crippen molar-refractivity contribution in [3.05, 3.63) is 29.8 Å². The molecular weight excluding hydrogens is 216 g/mol. The molecule has 0 spiro atoms. The predicted octanol–water partition coefficient (Wildman–Crippen LogP) is 2.17. The van der Waals surface area contributed by atoms with E-state index < -0.39 is 0 Å². The standard InChI is InChI=1S/C13H16N2O2/c1-3-14-8-7-12(16)15(13(14)17)11-6-4-5-10(2)9-11/h4-6,9H,3,7-8H2,1-2H3. The molecule has 1 saturated heterocycles. The van der Waals surface area contributed by atoms with Crippen molar-refractivity contribution in [2.45, 2.75) is 20.3 Å². The first-order chi connectivity index (χ1) is 8.13. The minimum absolute atomic E-state index is 0.120. The summed E-state index contributed by atoms with van der Waals surface area (Å²) in [6.07, 6.45) is 0.396. The van der Waals surface area contributed by atoms with Gasteiger partial charge in [0.15, 0.2) is 0 Å². The van der Waals surface area contributed by atoms with Gasteiger partial charge in [-0.3, -0.25) is 4.79 Å². The Morgan fingerprint density at radius 2 is 2.06 bits per heavy atom. The summed E-state index contributed by atoms with van der Waals surface area (Å²) in [4.78, 5) is 26.9. The molecule has 0 N–H and O–H groups in total. The van der Waals surface area contributed by atoms with Crippen LogP contribution in [0.15, 0.2) is 24.3 Å². The smallest absolute Gasteiger partial charge is 0.324 e. The summed E-state index contributed by atoms with van der Waals surface area (Å²) in [6.45, 7) is 5.02. The number of imide groups is 1. The maximum atomic E-state index is 12.1. The van der Waals surface area contributed by atoms with Crippen molar-refractivity contribution < 1.29 is 9.59 Å². The lowest BCUT2D eigenvalue weighted by Gasteiger charge is -2.33. The lowest BCUT2D eigenvalue weighted by molar-refractivity contribution is -0.119. The summed E-state index contributed by atoms with van der Waals surface area (Å²) < 4.78 is 0. The van der Waals surface area contributed by atoms with E-state index in [1.54, 1.807) is 11.0 Å². The molecule has 0 aliphatic carbocycles. The molecule has 0 saturated carbocycles. The Balaban J connectivity index is 2.34. The molecule has 4 nitrogen and oxygen atoms in total. The van der Waals surface area contributed by atoms with Gasteiger partial charge in [0, 0.05) is 19.5 Å². The third-order valence-corrected chi connectivity index (χ3v) is 2.95. The van der Waals surface area contributed by atoms with Crippen LogP contribution in [-0.4, -0.2) is 29.9 Å². The molecule has 0 aromatic heterocycles. The zero-order valence-electron chi connectivity index (χ0n) is 10.1. The van der Waals surface area contributed by atoms with Gasteiger partial charge in [-0.1, -0.05) is 12.1 Å². The van der Waals surface area contributed by atoms with Gasteiger partial charge < -0.3 is 4.90 Å². The Labute approximate surface area is 101 Å². The van der Waals surface area contributed by atoms with E-state index in [4.69, 9.17) is 0 Å². The highest BCUT2D eigenvalue weighted by atomic mass is 16.2. The summed E-state index contributed by atoms with van der Waals surface area (Å²) in [5.74, 6) is -0.120. The second-order valence-corrected chi connectivity index (χ2v) is 4.18. The Hall–Kier alpha value is -1.84. The van der Waals surface area contributed by atoms with Gasteiger partial charge in [0.25, 0.3) is 0 Å². The molecule has 1 fully saturated rings. The zero-order valence-corrected chi connectivity index (χ0v) is 10.1. The molecule has 4 heteroatoms. The average molecular weight is 232 g/mol. The van der Waals surface area contributed by atoms with Gasteiger partial charge in [0.05, 0.1) is 5.69 Å². The molecule has 1 aliphatic heterocycles. The summed E-state index contributed by atoms with van der Waals surface area (Å²) >= 11 is 0. The van der Waals surface area contributed by atoms with E-state index in [-0.39, 0.29) is 11.9 Å². The molecule has 90 valence electrons. The zero-order chi connectivity index (χ0) is 12.4. The second-order valence-electron chi connectivity index (χ2n) is 4.18. The molecule has 17 heavy (non-hydrogen) atoms. The van der Waals surface area contributed by atoms with Gasteiger partial charge in [-0.25, -0.2) is 9.69 Å². The van der Waals surface area contributed by atoms with Crippen molar-refractivity contribution in [1.29, 1.82) is 0 Å². The number of urea groups is 1. The van der Waals surface area contributed by atoms with Crippen molar-refractivity contribution in [3.63, 3.8) is 0 Å². The number of carbonyl (C=O) groups is 2. The molecule has 1 aromatic rings. The van der Waals surface area contributed by atoms with Crippen LogP contribution in [0.3, 0.4) is 0 Å². The van der Waals surface area contributed by atoms with Crippen LogP contribution in [0, 0.1) is 6.92 Å². The third kappa shape index (κ3) is 2.16. The van der Waals surface area contributed by atoms with Crippen LogP contribution in [0.4, 0.5) is 10.5 Å². The number of amides is 3. The van der Waals surface area contributed by atoms with E-state index in [1.807, 2.05) is 32.0 Å².